The summed E-state index contributed by atoms with van der Waals surface area (Å²) in [6, 6.07) is 13.6. The first-order valence-corrected chi connectivity index (χ1v) is 12.1. The van der Waals surface area contributed by atoms with Gasteiger partial charge in [-0.05, 0) is 88.2 Å². The lowest BCUT2D eigenvalue weighted by atomic mass is 10.1. The molecule has 0 aromatic heterocycles. The maximum absolute atomic E-state index is 13.2. The highest BCUT2D eigenvalue weighted by atomic mass is 79.9. The van der Waals surface area contributed by atoms with Gasteiger partial charge in [0.25, 0.3) is 17.7 Å². The Labute approximate surface area is 230 Å². The van der Waals surface area contributed by atoms with Crippen LogP contribution in [0.3, 0.4) is 0 Å². The summed E-state index contributed by atoms with van der Waals surface area (Å²) in [4.78, 5) is 51.3. The number of barbiturate groups is 1. The zero-order valence-electron chi connectivity index (χ0n) is 20.6. The molecule has 0 bridgehead atoms. The molecule has 1 aliphatic rings. The maximum Gasteiger partial charge on any atom is 0.335 e. The molecular weight excluding hydrogens is 577 g/mol. The summed E-state index contributed by atoms with van der Waals surface area (Å²) in [5, 5.41) is 4.74. The van der Waals surface area contributed by atoms with E-state index in [0.29, 0.717) is 21.5 Å². The van der Waals surface area contributed by atoms with E-state index in [-0.39, 0.29) is 29.4 Å². The number of imide groups is 2. The standard InChI is InChI=1S/C27H21BrFN3O7/c1-37-19-9-7-18(8-10-19)32-26(35)20(25(34)31-27(32)36)11-15-12-21(28)24(22(13-15)38-2)39-14-23(33)30-17-5-3-16(29)4-6-17/h3-13H,14H2,1-2H3,(H,30,33)(H,31,34,36)/b20-11+. The van der Waals surface area contributed by atoms with E-state index in [4.69, 9.17) is 14.2 Å². The lowest BCUT2D eigenvalue weighted by molar-refractivity contribution is -0.122. The number of methoxy groups -OCH3 is 2. The number of nitrogens with zero attached hydrogens (tertiary/aromatic N) is 1. The summed E-state index contributed by atoms with van der Waals surface area (Å²) in [6.45, 7) is -0.382. The first kappa shape index (κ1) is 27.3. The number of anilines is 2. The summed E-state index contributed by atoms with van der Waals surface area (Å²) in [6.07, 6.45) is 1.30. The molecule has 1 aliphatic heterocycles. The van der Waals surface area contributed by atoms with E-state index >= 15 is 0 Å². The Morgan fingerprint density at radius 1 is 1.03 bits per heavy atom. The first-order valence-electron chi connectivity index (χ1n) is 11.3. The van der Waals surface area contributed by atoms with Crippen molar-refractivity contribution >= 4 is 57.1 Å². The predicted octanol–water partition coefficient (Wildman–Crippen LogP) is 4.29. The molecule has 0 atom stereocenters. The second kappa shape index (κ2) is 11.8. The molecule has 10 nitrogen and oxygen atoms in total. The fraction of sp³-hybridized carbons (Fsp3) is 0.111. The average Bonchev–Trinajstić information content (AvgIpc) is 2.91. The fourth-order valence-electron chi connectivity index (χ4n) is 3.62. The van der Waals surface area contributed by atoms with Crippen LogP contribution in [0, 0.1) is 5.82 Å². The highest BCUT2D eigenvalue weighted by Crippen LogP contribution is 2.37. The minimum atomic E-state index is -0.881. The van der Waals surface area contributed by atoms with E-state index in [1.807, 2.05) is 0 Å². The van der Waals surface area contributed by atoms with Gasteiger partial charge >= 0.3 is 6.03 Å². The van der Waals surface area contributed by atoms with Gasteiger partial charge in [0.15, 0.2) is 18.1 Å². The third-order valence-electron chi connectivity index (χ3n) is 5.47. The minimum Gasteiger partial charge on any atom is -0.497 e. The summed E-state index contributed by atoms with van der Waals surface area (Å²) < 4.78 is 29.5. The minimum absolute atomic E-state index is 0.198. The maximum atomic E-state index is 13.2. The molecule has 12 heteroatoms. The normalized spacial score (nSPS) is 14.2. The van der Waals surface area contributed by atoms with Crippen LogP contribution in [0.5, 0.6) is 17.2 Å². The summed E-state index contributed by atoms with van der Waals surface area (Å²) >= 11 is 3.36. The van der Waals surface area contributed by atoms with Crippen LogP contribution in [0.4, 0.5) is 20.6 Å². The zero-order valence-corrected chi connectivity index (χ0v) is 22.2. The number of benzene rings is 3. The molecule has 4 rings (SSSR count). The Morgan fingerprint density at radius 3 is 2.36 bits per heavy atom. The van der Waals surface area contributed by atoms with Crippen LogP contribution in [-0.4, -0.2) is 44.6 Å². The smallest absolute Gasteiger partial charge is 0.335 e. The molecule has 200 valence electrons. The Hall–Kier alpha value is -4.71. The average molecular weight is 598 g/mol. The molecule has 1 saturated heterocycles. The molecule has 3 aromatic carbocycles. The molecule has 0 radical (unpaired) electrons. The van der Waals surface area contributed by atoms with E-state index in [1.165, 1.54) is 62.8 Å². The van der Waals surface area contributed by atoms with E-state index in [2.05, 4.69) is 26.6 Å². The number of halogens is 2. The lowest BCUT2D eigenvalue weighted by Crippen LogP contribution is -2.54. The van der Waals surface area contributed by atoms with Crippen LogP contribution in [0.25, 0.3) is 6.08 Å². The molecule has 1 heterocycles. The summed E-state index contributed by atoms with van der Waals surface area (Å²) in [5.41, 5.74) is 0.741. The number of nitrogens with one attached hydrogen (secondary N) is 2. The zero-order chi connectivity index (χ0) is 28.1. The van der Waals surface area contributed by atoms with Gasteiger partial charge in [-0.25, -0.2) is 14.1 Å². The number of urea groups is 1. The van der Waals surface area contributed by atoms with E-state index in [1.54, 1.807) is 18.2 Å². The van der Waals surface area contributed by atoms with Gasteiger partial charge in [-0.15, -0.1) is 0 Å². The summed E-state index contributed by atoms with van der Waals surface area (Å²) in [7, 11) is 2.87. The second-order valence-corrected chi connectivity index (χ2v) is 8.89. The highest BCUT2D eigenvalue weighted by Gasteiger charge is 2.37. The van der Waals surface area contributed by atoms with Crippen molar-refractivity contribution in [2.45, 2.75) is 0 Å². The molecule has 1 fully saturated rings. The van der Waals surface area contributed by atoms with Crippen molar-refractivity contribution in [2.75, 3.05) is 31.0 Å². The fourth-order valence-corrected chi connectivity index (χ4v) is 4.20. The third kappa shape index (κ3) is 6.24. The number of carbonyl (C=O) groups is 4. The molecule has 2 N–H and O–H groups in total. The Morgan fingerprint density at radius 2 is 1.72 bits per heavy atom. The molecule has 0 saturated carbocycles. The Bertz CT molecular complexity index is 1470. The van der Waals surface area contributed by atoms with Crippen LogP contribution in [-0.2, 0) is 14.4 Å². The first-order chi connectivity index (χ1) is 18.7. The van der Waals surface area contributed by atoms with Gasteiger partial charge in [0.1, 0.15) is 17.1 Å². The highest BCUT2D eigenvalue weighted by molar-refractivity contribution is 9.10. The van der Waals surface area contributed by atoms with Crippen molar-refractivity contribution in [3.63, 3.8) is 0 Å². The van der Waals surface area contributed by atoms with E-state index in [0.717, 1.165) is 4.90 Å². The molecule has 39 heavy (non-hydrogen) atoms. The largest absolute Gasteiger partial charge is 0.497 e. The number of carbonyl (C=O) groups excluding carboxylic acids is 4. The van der Waals surface area contributed by atoms with Gasteiger partial charge in [0.05, 0.1) is 24.4 Å². The van der Waals surface area contributed by atoms with Gasteiger partial charge in [0.2, 0.25) is 0 Å². The van der Waals surface area contributed by atoms with Gasteiger partial charge in [-0.3, -0.25) is 19.7 Å². The van der Waals surface area contributed by atoms with Gasteiger partial charge < -0.3 is 19.5 Å². The van der Waals surface area contributed by atoms with Crippen molar-refractivity contribution in [1.82, 2.24) is 5.32 Å². The molecule has 0 spiro atoms. The van der Waals surface area contributed by atoms with E-state index < -0.39 is 29.6 Å². The molecule has 0 aliphatic carbocycles. The van der Waals surface area contributed by atoms with Gasteiger partial charge in [-0.2, -0.15) is 0 Å². The Balaban J connectivity index is 1.54. The number of rotatable bonds is 8. The van der Waals surface area contributed by atoms with Crippen molar-refractivity contribution in [3.8, 4) is 17.2 Å². The molecule has 0 unspecified atom stereocenters. The monoisotopic (exact) mass is 597 g/mol. The van der Waals surface area contributed by atoms with Crippen molar-refractivity contribution in [2.24, 2.45) is 0 Å². The van der Waals surface area contributed by atoms with Crippen molar-refractivity contribution < 1.29 is 37.8 Å². The van der Waals surface area contributed by atoms with Crippen molar-refractivity contribution in [1.29, 1.82) is 0 Å². The van der Waals surface area contributed by atoms with Crippen LogP contribution in [0.15, 0.2) is 70.7 Å². The van der Waals surface area contributed by atoms with Crippen LogP contribution < -0.4 is 29.7 Å². The van der Waals surface area contributed by atoms with Gasteiger partial charge in [-0.1, -0.05) is 0 Å². The number of ether oxygens (including phenoxy) is 3. The lowest BCUT2D eigenvalue weighted by Gasteiger charge is -2.26. The summed E-state index contributed by atoms with van der Waals surface area (Å²) in [5.74, 6) is -1.66. The second-order valence-electron chi connectivity index (χ2n) is 8.03. The molecule has 3 aromatic rings. The predicted molar refractivity (Wildman–Crippen MR) is 143 cm³/mol. The van der Waals surface area contributed by atoms with Crippen molar-refractivity contribution in [3.05, 3.63) is 82.1 Å². The quantitative estimate of drug-likeness (QED) is 0.293. The van der Waals surface area contributed by atoms with Crippen LogP contribution >= 0.6 is 15.9 Å². The van der Waals surface area contributed by atoms with Crippen LogP contribution in [0.2, 0.25) is 0 Å². The molecule has 5 amide bonds. The number of hydrogen-bond acceptors (Lipinski definition) is 7. The molecular formula is C27H21BrFN3O7. The SMILES string of the molecule is COc1ccc(N2C(=O)NC(=O)/C(=C\c3cc(Br)c(OCC(=O)Nc4ccc(F)cc4)c(OC)c3)C2=O)cc1. The topological polar surface area (TPSA) is 123 Å². The Kier molecular flexibility index (Phi) is 8.25. The number of amides is 5. The van der Waals surface area contributed by atoms with Gasteiger partial charge in [0, 0.05) is 5.69 Å². The van der Waals surface area contributed by atoms with E-state index in [9.17, 15) is 23.6 Å². The van der Waals surface area contributed by atoms with Crippen LogP contribution in [0.1, 0.15) is 5.56 Å². The number of hydrogen-bond donors (Lipinski definition) is 2. The third-order valence-corrected chi connectivity index (χ3v) is 6.06.